The minimum atomic E-state index is -3.29. The van der Waals surface area contributed by atoms with Gasteiger partial charge in [-0.25, -0.2) is 8.42 Å². The van der Waals surface area contributed by atoms with Gasteiger partial charge in [0.25, 0.3) is 0 Å². The molecule has 0 amide bonds. The molecule has 122 valence electrons. The largest absolute Gasteiger partial charge is 0.391 e. The van der Waals surface area contributed by atoms with Crippen LogP contribution in [0.4, 0.5) is 0 Å². The smallest absolute Gasteiger partial charge is 0.178 e. The van der Waals surface area contributed by atoms with Crippen LogP contribution in [0.15, 0.2) is 64.6 Å². The second kappa shape index (κ2) is 8.13. The third-order valence-electron chi connectivity index (χ3n) is 3.20. The number of halogens is 1. The quantitative estimate of drug-likeness (QED) is 0.557. The Kier molecular flexibility index (Phi) is 6.19. The van der Waals surface area contributed by atoms with Crippen molar-refractivity contribution in [2.24, 2.45) is 5.16 Å². The van der Waals surface area contributed by atoms with Gasteiger partial charge in [0.15, 0.2) is 9.84 Å². The number of sulfone groups is 1. The Bertz CT molecular complexity index is 756. The molecule has 0 saturated heterocycles. The first kappa shape index (κ1) is 17.5. The normalized spacial score (nSPS) is 12.2. The Balaban J connectivity index is 1.84. The molecule has 0 saturated carbocycles. The molecule has 2 aromatic carbocycles. The maximum atomic E-state index is 12.2. The predicted molar refractivity (Wildman–Crippen MR) is 92.5 cm³/mol. The number of nitrogens with zero attached hydrogens (tertiary/aromatic N) is 1. The van der Waals surface area contributed by atoms with Crippen LogP contribution in [-0.2, 0) is 21.3 Å². The Morgan fingerprint density at radius 1 is 1.09 bits per heavy atom. The predicted octanol–water partition coefficient (Wildman–Crippen LogP) is 4.10. The van der Waals surface area contributed by atoms with Crippen molar-refractivity contribution in [3.05, 3.63) is 65.2 Å². The molecule has 0 bridgehead atoms. The van der Waals surface area contributed by atoms with Gasteiger partial charge in [0.1, 0.15) is 6.61 Å². The molecule has 0 aliphatic heterocycles. The monoisotopic (exact) mass is 351 g/mol. The van der Waals surface area contributed by atoms with Gasteiger partial charge < -0.3 is 4.84 Å². The Labute approximate surface area is 141 Å². The number of hydrogen-bond acceptors (Lipinski definition) is 4. The first-order chi connectivity index (χ1) is 11.0. The van der Waals surface area contributed by atoms with Crippen LogP contribution in [-0.4, -0.2) is 19.9 Å². The molecule has 0 aromatic heterocycles. The van der Waals surface area contributed by atoms with Crippen LogP contribution in [0.25, 0.3) is 0 Å². The summed E-state index contributed by atoms with van der Waals surface area (Å²) >= 11 is 5.81. The first-order valence-electron chi connectivity index (χ1n) is 7.15. The highest BCUT2D eigenvalue weighted by Crippen LogP contribution is 2.12. The summed E-state index contributed by atoms with van der Waals surface area (Å²) in [5, 5.41) is 4.62. The fraction of sp³-hybridized carbons (Fsp3) is 0.235. The van der Waals surface area contributed by atoms with Gasteiger partial charge in [-0.1, -0.05) is 47.1 Å². The fourth-order valence-corrected chi connectivity index (χ4v) is 3.37. The molecular formula is C17H18ClNO3S. The van der Waals surface area contributed by atoms with E-state index in [1.807, 2.05) is 12.1 Å². The molecule has 23 heavy (non-hydrogen) atoms. The lowest BCUT2D eigenvalue weighted by atomic mass is 10.2. The topological polar surface area (TPSA) is 55.7 Å². The van der Waals surface area contributed by atoms with E-state index in [4.69, 9.17) is 16.4 Å². The minimum absolute atomic E-state index is 0.0106. The van der Waals surface area contributed by atoms with E-state index in [1.165, 1.54) is 0 Å². The number of hydrogen-bond donors (Lipinski definition) is 0. The summed E-state index contributed by atoms with van der Waals surface area (Å²) in [5.74, 6) is 0.0106. The molecule has 2 rings (SSSR count). The number of oxime groups is 1. The molecule has 0 heterocycles. The van der Waals surface area contributed by atoms with E-state index in [-0.39, 0.29) is 5.75 Å². The molecule has 4 nitrogen and oxygen atoms in total. The Morgan fingerprint density at radius 2 is 1.74 bits per heavy atom. The molecule has 0 N–H and O–H groups in total. The van der Waals surface area contributed by atoms with E-state index in [1.54, 1.807) is 49.4 Å². The van der Waals surface area contributed by atoms with Gasteiger partial charge in [-0.15, -0.1) is 0 Å². The highest BCUT2D eigenvalue weighted by Gasteiger charge is 2.14. The number of rotatable bonds is 7. The standard InChI is InChI=1S/C17H18ClNO3S/c1-14(19-22-13-15-7-9-16(18)10-8-15)11-12-23(20,21)17-5-3-2-4-6-17/h2-10H,11-13H2,1H3. The van der Waals surface area contributed by atoms with Crippen molar-refractivity contribution in [1.29, 1.82) is 0 Å². The highest BCUT2D eigenvalue weighted by atomic mass is 35.5. The average Bonchev–Trinajstić information content (AvgIpc) is 2.56. The van der Waals surface area contributed by atoms with E-state index in [0.717, 1.165) is 5.56 Å². The zero-order valence-corrected chi connectivity index (χ0v) is 14.3. The van der Waals surface area contributed by atoms with E-state index < -0.39 is 9.84 Å². The van der Waals surface area contributed by atoms with E-state index in [0.29, 0.717) is 28.7 Å². The van der Waals surface area contributed by atoms with Crippen molar-refractivity contribution in [2.75, 3.05) is 5.75 Å². The van der Waals surface area contributed by atoms with E-state index in [2.05, 4.69) is 5.16 Å². The van der Waals surface area contributed by atoms with Gasteiger partial charge in [-0.05, 0) is 36.8 Å². The maximum absolute atomic E-state index is 12.2. The van der Waals surface area contributed by atoms with Gasteiger partial charge >= 0.3 is 0 Å². The van der Waals surface area contributed by atoms with Crippen LogP contribution in [0.5, 0.6) is 0 Å². The lowest BCUT2D eigenvalue weighted by Crippen LogP contribution is -2.10. The zero-order chi connectivity index (χ0) is 16.7. The van der Waals surface area contributed by atoms with Crippen LogP contribution in [0.1, 0.15) is 18.9 Å². The van der Waals surface area contributed by atoms with Crippen LogP contribution in [0, 0.1) is 0 Å². The van der Waals surface area contributed by atoms with Crippen molar-refractivity contribution in [2.45, 2.75) is 24.8 Å². The molecule has 0 fully saturated rings. The van der Waals surface area contributed by atoms with Crippen molar-refractivity contribution in [3.8, 4) is 0 Å². The van der Waals surface area contributed by atoms with Gasteiger partial charge in [0, 0.05) is 11.4 Å². The van der Waals surface area contributed by atoms with Gasteiger partial charge in [0.2, 0.25) is 0 Å². The molecule has 0 aliphatic carbocycles. The lowest BCUT2D eigenvalue weighted by Gasteiger charge is -2.05. The summed E-state index contributed by atoms with van der Waals surface area (Å²) in [6, 6.07) is 15.7. The van der Waals surface area contributed by atoms with Crippen molar-refractivity contribution >= 4 is 27.1 Å². The van der Waals surface area contributed by atoms with E-state index >= 15 is 0 Å². The van der Waals surface area contributed by atoms with Crippen molar-refractivity contribution in [3.63, 3.8) is 0 Å². The average molecular weight is 352 g/mol. The zero-order valence-electron chi connectivity index (χ0n) is 12.8. The summed E-state index contributed by atoms with van der Waals surface area (Å²) < 4.78 is 24.3. The van der Waals surface area contributed by atoms with Crippen molar-refractivity contribution < 1.29 is 13.3 Å². The number of benzene rings is 2. The Morgan fingerprint density at radius 3 is 2.39 bits per heavy atom. The maximum Gasteiger partial charge on any atom is 0.178 e. The second-order valence-corrected chi connectivity index (χ2v) is 7.65. The van der Waals surface area contributed by atoms with Crippen LogP contribution < -0.4 is 0 Å². The molecule has 0 spiro atoms. The third-order valence-corrected chi connectivity index (χ3v) is 5.18. The summed E-state index contributed by atoms with van der Waals surface area (Å²) in [5.41, 5.74) is 1.58. The third kappa shape index (κ3) is 5.69. The summed E-state index contributed by atoms with van der Waals surface area (Å²) in [7, 11) is -3.29. The lowest BCUT2D eigenvalue weighted by molar-refractivity contribution is 0.130. The summed E-state index contributed by atoms with van der Waals surface area (Å²) in [6.07, 6.45) is 0.331. The van der Waals surface area contributed by atoms with Gasteiger partial charge in [-0.3, -0.25) is 0 Å². The minimum Gasteiger partial charge on any atom is -0.391 e. The van der Waals surface area contributed by atoms with Gasteiger partial charge in [0.05, 0.1) is 16.4 Å². The van der Waals surface area contributed by atoms with Crippen molar-refractivity contribution in [1.82, 2.24) is 0 Å². The molecule has 2 aromatic rings. The molecule has 0 unspecified atom stereocenters. The van der Waals surface area contributed by atoms with Gasteiger partial charge in [-0.2, -0.15) is 0 Å². The SMILES string of the molecule is CC(CCS(=O)(=O)c1ccccc1)=NOCc1ccc(Cl)cc1. The first-order valence-corrected chi connectivity index (χ1v) is 9.18. The molecule has 6 heteroatoms. The second-order valence-electron chi connectivity index (χ2n) is 5.11. The molecular weight excluding hydrogens is 334 g/mol. The Hall–Kier alpha value is -1.85. The van der Waals surface area contributed by atoms with Crippen LogP contribution in [0.2, 0.25) is 5.02 Å². The summed E-state index contributed by atoms with van der Waals surface area (Å²) in [4.78, 5) is 5.57. The van der Waals surface area contributed by atoms with Crippen LogP contribution >= 0.6 is 11.6 Å². The highest BCUT2D eigenvalue weighted by molar-refractivity contribution is 7.91. The molecule has 0 atom stereocenters. The summed E-state index contributed by atoms with van der Waals surface area (Å²) in [6.45, 7) is 2.07. The van der Waals surface area contributed by atoms with E-state index in [9.17, 15) is 8.42 Å². The van der Waals surface area contributed by atoms with Crippen LogP contribution in [0.3, 0.4) is 0 Å². The fourth-order valence-electron chi connectivity index (χ4n) is 1.87. The molecule has 0 radical (unpaired) electrons. The molecule has 0 aliphatic rings.